The largest absolute Gasteiger partial charge is 0.496 e. The molecule has 16 heavy (non-hydrogen) atoms. The minimum atomic E-state index is -0.377. The van der Waals surface area contributed by atoms with Crippen LogP contribution < -0.4 is 4.74 Å². The summed E-state index contributed by atoms with van der Waals surface area (Å²) in [5, 5.41) is 0.214. The summed E-state index contributed by atoms with van der Waals surface area (Å²) in [5.74, 6) is 0.126. The lowest BCUT2D eigenvalue weighted by atomic mass is 10.1. The maximum Gasteiger partial charge on any atom is 0.155 e. The third-order valence-electron chi connectivity index (χ3n) is 2.07. The number of aromatic nitrogens is 2. The molecule has 0 amide bonds. The molecule has 0 fully saturated rings. The van der Waals surface area contributed by atoms with Gasteiger partial charge < -0.3 is 4.74 Å². The molecule has 0 unspecified atom stereocenters. The monoisotopic (exact) mass is 238 g/mol. The summed E-state index contributed by atoms with van der Waals surface area (Å²) in [4.78, 5) is 7.94. The van der Waals surface area contributed by atoms with Gasteiger partial charge in [0.05, 0.1) is 7.11 Å². The molecule has 0 aliphatic rings. The van der Waals surface area contributed by atoms with Crippen molar-refractivity contribution in [2.45, 2.75) is 0 Å². The molecule has 1 aromatic carbocycles. The van der Waals surface area contributed by atoms with Gasteiger partial charge in [-0.05, 0) is 18.2 Å². The summed E-state index contributed by atoms with van der Waals surface area (Å²) in [5.41, 5.74) is 0.890. The van der Waals surface area contributed by atoms with E-state index >= 15 is 0 Å². The maximum atomic E-state index is 13.2. The van der Waals surface area contributed by atoms with Crippen LogP contribution in [0.3, 0.4) is 0 Å². The van der Waals surface area contributed by atoms with E-state index in [1.807, 2.05) is 0 Å². The van der Waals surface area contributed by atoms with Crippen LogP contribution >= 0.6 is 11.6 Å². The molecule has 82 valence electrons. The van der Waals surface area contributed by atoms with Crippen molar-refractivity contribution in [2.75, 3.05) is 7.11 Å². The highest BCUT2D eigenvalue weighted by atomic mass is 35.5. The van der Waals surface area contributed by atoms with E-state index in [1.165, 1.54) is 37.7 Å². The van der Waals surface area contributed by atoms with Crippen molar-refractivity contribution in [3.63, 3.8) is 0 Å². The fraction of sp³-hybridized carbons (Fsp3) is 0.0909. The predicted molar refractivity (Wildman–Crippen MR) is 59.0 cm³/mol. The Morgan fingerprint density at radius 2 is 2.00 bits per heavy atom. The molecule has 0 N–H and O–H groups in total. The molecule has 0 atom stereocenters. The van der Waals surface area contributed by atoms with Crippen LogP contribution in [0, 0.1) is 5.82 Å². The van der Waals surface area contributed by atoms with E-state index in [1.54, 1.807) is 0 Å². The highest BCUT2D eigenvalue weighted by molar-refractivity contribution is 6.31. The molecule has 0 aliphatic heterocycles. The Kier molecular flexibility index (Phi) is 3.01. The summed E-state index contributed by atoms with van der Waals surface area (Å²) in [6, 6.07) is 4.15. The van der Waals surface area contributed by atoms with Gasteiger partial charge in [-0.25, -0.2) is 9.37 Å². The molecular formula is C11H8ClFN2O. The molecule has 1 heterocycles. The lowest BCUT2D eigenvalue weighted by Crippen LogP contribution is -1.93. The molecule has 1 aromatic heterocycles. The number of nitrogens with zero attached hydrogens (tertiary/aromatic N) is 2. The SMILES string of the molecule is COc1ccc(F)cc1-c1nccnc1Cl. The minimum Gasteiger partial charge on any atom is -0.496 e. The average Bonchev–Trinajstić information content (AvgIpc) is 2.29. The quantitative estimate of drug-likeness (QED) is 0.807. The fourth-order valence-electron chi connectivity index (χ4n) is 1.37. The second-order valence-electron chi connectivity index (χ2n) is 3.04. The zero-order valence-corrected chi connectivity index (χ0v) is 9.20. The van der Waals surface area contributed by atoms with Gasteiger partial charge >= 0.3 is 0 Å². The van der Waals surface area contributed by atoms with E-state index < -0.39 is 0 Å². The molecule has 2 rings (SSSR count). The molecule has 0 saturated carbocycles. The number of hydrogen-bond donors (Lipinski definition) is 0. The Hall–Kier alpha value is -1.68. The van der Waals surface area contributed by atoms with Crippen LogP contribution in [-0.4, -0.2) is 17.1 Å². The highest BCUT2D eigenvalue weighted by Crippen LogP contribution is 2.32. The summed E-state index contributed by atoms with van der Waals surface area (Å²) in [7, 11) is 1.50. The molecule has 0 saturated heterocycles. The van der Waals surface area contributed by atoms with Crippen molar-refractivity contribution in [3.05, 3.63) is 41.6 Å². The first kappa shape index (κ1) is 10.8. The Labute approximate surface area is 96.9 Å². The van der Waals surface area contributed by atoms with Gasteiger partial charge in [-0.3, -0.25) is 4.98 Å². The Morgan fingerprint density at radius 3 is 2.69 bits per heavy atom. The molecule has 3 nitrogen and oxygen atoms in total. The summed E-state index contributed by atoms with van der Waals surface area (Å²) in [6.45, 7) is 0. The Morgan fingerprint density at radius 1 is 1.25 bits per heavy atom. The molecule has 5 heteroatoms. The first-order valence-corrected chi connectivity index (χ1v) is 4.90. The van der Waals surface area contributed by atoms with E-state index in [0.29, 0.717) is 17.0 Å². The normalized spacial score (nSPS) is 10.2. The Bertz CT molecular complexity index is 519. The third-order valence-corrected chi connectivity index (χ3v) is 2.35. The van der Waals surface area contributed by atoms with Crippen molar-refractivity contribution < 1.29 is 9.13 Å². The van der Waals surface area contributed by atoms with Gasteiger partial charge in [-0.15, -0.1) is 0 Å². The van der Waals surface area contributed by atoms with E-state index in [-0.39, 0.29) is 11.0 Å². The lowest BCUT2D eigenvalue weighted by Gasteiger charge is -2.08. The van der Waals surface area contributed by atoms with Crippen molar-refractivity contribution in [3.8, 4) is 17.0 Å². The van der Waals surface area contributed by atoms with E-state index in [9.17, 15) is 4.39 Å². The van der Waals surface area contributed by atoms with Gasteiger partial charge in [0.1, 0.15) is 17.3 Å². The van der Waals surface area contributed by atoms with Gasteiger partial charge in [0.2, 0.25) is 0 Å². The van der Waals surface area contributed by atoms with Crippen LogP contribution in [0.15, 0.2) is 30.6 Å². The van der Waals surface area contributed by atoms with Gasteiger partial charge in [0.15, 0.2) is 5.15 Å². The average molecular weight is 239 g/mol. The van der Waals surface area contributed by atoms with Gasteiger partial charge in [-0.2, -0.15) is 0 Å². The second kappa shape index (κ2) is 4.45. The van der Waals surface area contributed by atoms with Crippen molar-refractivity contribution in [1.29, 1.82) is 0 Å². The van der Waals surface area contributed by atoms with Gasteiger partial charge in [0, 0.05) is 18.0 Å². The molecular weight excluding hydrogens is 231 g/mol. The van der Waals surface area contributed by atoms with Crippen LogP contribution in [0.2, 0.25) is 5.15 Å². The third kappa shape index (κ3) is 1.97. The zero-order chi connectivity index (χ0) is 11.5. The number of rotatable bonds is 2. The highest BCUT2D eigenvalue weighted by Gasteiger charge is 2.12. The number of ether oxygens (including phenoxy) is 1. The molecule has 0 radical (unpaired) electrons. The number of methoxy groups -OCH3 is 1. The van der Waals surface area contributed by atoms with Crippen LogP contribution in [0.25, 0.3) is 11.3 Å². The zero-order valence-electron chi connectivity index (χ0n) is 8.45. The minimum absolute atomic E-state index is 0.214. The topological polar surface area (TPSA) is 35.0 Å². The predicted octanol–water partition coefficient (Wildman–Crippen LogP) is 2.94. The van der Waals surface area contributed by atoms with Crippen LogP contribution in [0.4, 0.5) is 4.39 Å². The van der Waals surface area contributed by atoms with Crippen LogP contribution in [0.1, 0.15) is 0 Å². The first-order valence-electron chi connectivity index (χ1n) is 4.53. The van der Waals surface area contributed by atoms with Crippen molar-refractivity contribution in [1.82, 2.24) is 9.97 Å². The first-order chi connectivity index (χ1) is 7.72. The summed E-state index contributed by atoms with van der Waals surface area (Å²) >= 11 is 5.89. The van der Waals surface area contributed by atoms with E-state index in [4.69, 9.17) is 16.3 Å². The Balaban J connectivity index is 2.63. The van der Waals surface area contributed by atoms with E-state index in [0.717, 1.165) is 0 Å². The van der Waals surface area contributed by atoms with Crippen molar-refractivity contribution >= 4 is 11.6 Å². The van der Waals surface area contributed by atoms with Crippen LogP contribution in [0.5, 0.6) is 5.75 Å². The smallest absolute Gasteiger partial charge is 0.155 e. The number of halogens is 2. The molecule has 0 aliphatic carbocycles. The molecule has 0 bridgehead atoms. The van der Waals surface area contributed by atoms with Gasteiger partial charge in [0.25, 0.3) is 0 Å². The maximum absolute atomic E-state index is 13.2. The van der Waals surface area contributed by atoms with Crippen molar-refractivity contribution in [2.24, 2.45) is 0 Å². The lowest BCUT2D eigenvalue weighted by molar-refractivity contribution is 0.415. The number of hydrogen-bond acceptors (Lipinski definition) is 3. The standard InChI is InChI=1S/C11H8ClFN2O/c1-16-9-3-2-7(13)6-8(9)10-11(12)15-5-4-14-10/h2-6H,1H3. The fourth-order valence-corrected chi connectivity index (χ4v) is 1.57. The van der Waals surface area contributed by atoms with E-state index in [2.05, 4.69) is 9.97 Å². The summed E-state index contributed by atoms with van der Waals surface area (Å²) in [6.07, 6.45) is 2.96. The second-order valence-corrected chi connectivity index (χ2v) is 3.40. The molecule has 2 aromatic rings. The summed E-state index contributed by atoms with van der Waals surface area (Å²) < 4.78 is 18.3. The van der Waals surface area contributed by atoms with Gasteiger partial charge in [-0.1, -0.05) is 11.6 Å². The molecule has 0 spiro atoms. The van der Waals surface area contributed by atoms with Crippen LogP contribution in [-0.2, 0) is 0 Å². The number of benzene rings is 1.